The van der Waals surface area contributed by atoms with Crippen molar-refractivity contribution in [3.8, 4) is 22.6 Å². The Kier molecular flexibility index (Phi) is 6.28. The van der Waals surface area contributed by atoms with Crippen LogP contribution < -0.4 is 4.90 Å². The van der Waals surface area contributed by atoms with Gasteiger partial charge in [-0.05, 0) is 60.4 Å². The fourth-order valence-corrected chi connectivity index (χ4v) is 4.48. The number of carboxylic acid groups (broad SMARTS) is 1. The van der Waals surface area contributed by atoms with Crippen LogP contribution in [-0.4, -0.2) is 53.6 Å². The van der Waals surface area contributed by atoms with Crippen molar-refractivity contribution in [3.63, 3.8) is 0 Å². The minimum Gasteiger partial charge on any atom is -0.478 e. The van der Waals surface area contributed by atoms with Gasteiger partial charge < -0.3 is 19.9 Å². The molecular weight excluding hydrogens is 474 g/mol. The van der Waals surface area contributed by atoms with Crippen molar-refractivity contribution in [2.75, 3.05) is 11.5 Å². The van der Waals surface area contributed by atoms with E-state index in [1.807, 2.05) is 42.7 Å². The number of carboxylic acids is 1. The first kappa shape index (κ1) is 24.3. The van der Waals surface area contributed by atoms with Crippen molar-refractivity contribution >= 4 is 17.7 Å². The van der Waals surface area contributed by atoms with E-state index in [4.69, 9.17) is 4.98 Å². The third-order valence-corrected chi connectivity index (χ3v) is 6.43. The molecule has 2 aromatic heterocycles. The monoisotopic (exact) mass is 499 g/mol. The smallest absolute Gasteiger partial charge is 0.336 e. The molecule has 0 aliphatic carbocycles. The number of carbonyl (C=O) groups is 2. The van der Waals surface area contributed by atoms with Gasteiger partial charge >= 0.3 is 5.97 Å². The fourth-order valence-electron chi connectivity index (χ4n) is 4.48. The maximum atomic E-state index is 13.4. The number of amides is 1. The van der Waals surface area contributed by atoms with Crippen molar-refractivity contribution in [1.29, 1.82) is 0 Å². The number of aromatic carboxylic acids is 1. The zero-order valence-electron chi connectivity index (χ0n) is 20.2. The molecule has 0 bridgehead atoms. The lowest BCUT2D eigenvalue weighted by atomic mass is 9.95. The third-order valence-electron chi connectivity index (χ3n) is 6.43. The van der Waals surface area contributed by atoms with Crippen molar-refractivity contribution in [2.45, 2.75) is 32.5 Å². The van der Waals surface area contributed by atoms with Crippen LogP contribution in [0.1, 0.15) is 57.8 Å². The number of nitrogens with zero attached hydrogens (tertiary/aromatic N) is 5. The molecule has 1 atom stereocenters. The van der Waals surface area contributed by atoms with E-state index >= 15 is 0 Å². The highest BCUT2D eigenvalue weighted by molar-refractivity contribution is 6.10. The molecule has 1 aliphatic heterocycles. The molecule has 3 heterocycles. The lowest BCUT2D eigenvalue weighted by Gasteiger charge is -2.16. The van der Waals surface area contributed by atoms with Gasteiger partial charge in [0.15, 0.2) is 5.82 Å². The van der Waals surface area contributed by atoms with Gasteiger partial charge in [-0.1, -0.05) is 30.3 Å². The Hall–Kier alpha value is -4.41. The highest BCUT2D eigenvalue weighted by Gasteiger charge is 2.30. The first-order valence-corrected chi connectivity index (χ1v) is 11.8. The standard InChI is InChI=1S/C27H25N5O5/c1-15(2)32-14-28-30-25(32)22-4-3-5-24(29-22)31-12-18-7-6-16(10-20(18)26(31)35)17-8-9-19(23(34)13-33)21(11-17)27(36)37/h3-11,14-15,23,33-34H,12-13H2,1-2H3,(H,36,37). The average Bonchev–Trinajstić information content (AvgIpc) is 3.53. The zero-order chi connectivity index (χ0) is 26.3. The number of hydrogen-bond acceptors (Lipinski definition) is 7. The van der Waals surface area contributed by atoms with Crippen LogP contribution >= 0.6 is 0 Å². The molecule has 0 fully saturated rings. The molecule has 2 aromatic carbocycles. The van der Waals surface area contributed by atoms with Crippen LogP contribution in [0.5, 0.6) is 0 Å². The van der Waals surface area contributed by atoms with Gasteiger partial charge in [0.05, 0.1) is 18.7 Å². The summed E-state index contributed by atoms with van der Waals surface area (Å²) in [5, 5.41) is 37.0. The summed E-state index contributed by atoms with van der Waals surface area (Å²) in [7, 11) is 0. The lowest BCUT2D eigenvalue weighted by Crippen LogP contribution is -2.24. The number of anilines is 1. The molecule has 0 radical (unpaired) electrons. The molecule has 1 unspecified atom stereocenters. The Morgan fingerprint density at radius 1 is 1.08 bits per heavy atom. The van der Waals surface area contributed by atoms with E-state index in [0.717, 1.165) is 5.56 Å². The van der Waals surface area contributed by atoms with E-state index in [1.54, 1.807) is 29.4 Å². The zero-order valence-corrected chi connectivity index (χ0v) is 20.2. The number of benzene rings is 2. The molecule has 5 rings (SSSR count). The van der Waals surface area contributed by atoms with Crippen molar-refractivity contribution in [2.24, 2.45) is 0 Å². The molecule has 1 amide bonds. The summed E-state index contributed by atoms with van der Waals surface area (Å²) in [5.41, 5.74) is 3.20. The number of hydrogen-bond donors (Lipinski definition) is 3. The summed E-state index contributed by atoms with van der Waals surface area (Å²) in [6, 6.07) is 15.6. The molecule has 4 aromatic rings. The number of aliphatic hydroxyl groups excluding tert-OH is 2. The highest BCUT2D eigenvalue weighted by atomic mass is 16.4. The Balaban J connectivity index is 1.47. The molecule has 10 nitrogen and oxygen atoms in total. The second-order valence-electron chi connectivity index (χ2n) is 9.11. The first-order chi connectivity index (χ1) is 17.8. The lowest BCUT2D eigenvalue weighted by molar-refractivity contribution is 0.0674. The van der Waals surface area contributed by atoms with Crippen LogP contribution in [0.2, 0.25) is 0 Å². The normalized spacial score (nSPS) is 13.8. The van der Waals surface area contributed by atoms with E-state index < -0.39 is 18.7 Å². The van der Waals surface area contributed by atoms with Crippen molar-refractivity contribution in [1.82, 2.24) is 19.7 Å². The SMILES string of the molecule is CC(C)n1cnnc1-c1cccc(N2Cc3ccc(-c4ccc(C(O)CO)c(C(=O)O)c4)cc3C2=O)n1. The summed E-state index contributed by atoms with van der Waals surface area (Å²) >= 11 is 0. The third kappa shape index (κ3) is 4.37. The van der Waals surface area contributed by atoms with Crippen LogP contribution in [0.25, 0.3) is 22.6 Å². The second kappa shape index (κ2) is 9.57. The number of pyridine rings is 1. The predicted molar refractivity (Wildman–Crippen MR) is 135 cm³/mol. The van der Waals surface area contributed by atoms with E-state index in [0.29, 0.717) is 40.6 Å². The van der Waals surface area contributed by atoms with Gasteiger partial charge in [-0.15, -0.1) is 10.2 Å². The Morgan fingerprint density at radius 2 is 1.84 bits per heavy atom. The van der Waals surface area contributed by atoms with Crippen LogP contribution in [0.15, 0.2) is 60.9 Å². The molecule has 0 spiro atoms. The quantitative estimate of drug-likeness (QED) is 0.351. The number of rotatable bonds is 7. The van der Waals surface area contributed by atoms with E-state index in [9.17, 15) is 24.9 Å². The van der Waals surface area contributed by atoms with Crippen LogP contribution in [0, 0.1) is 0 Å². The van der Waals surface area contributed by atoms with Gasteiger partial charge in [-0.2, -0.15) is 0 Å². The number of carbonyl (C=O) groups excluding carboxylic acids is 1. The average molecular weight is 500 g/mol. The van der Waals surface area contributed by atoms with Gasteiger partial charge in [-0.25, -0.2) is 9.78 Å². The number of aromatic nitrogens is 4. The van der Waals surface area contributed by atoms with Crippen LogP contribution in [0.4, 0.5) is 5.82 Å². The summed E-state index contributed by atoms with van der Waals surface area (Å²) in [6.45, 7) is 3.81. The summed E-state index contributed by atoms with van der Waals surface area (Å²) in [6.07, 6.45) is 0.354. The minimum absolute atomic E-state index is 0.109. The molecular formula is C27H25N5O5. The Bertz CT molecular complexity index is 1510. The number of fused-ring (bicyclic) bond motifs is 1. The summed E-state index contributed by atoms with van der Waals surface area (Å²) < 4.78 is 1.91. The predicted octanol–water partition coefficient (Wildman–Crippen LogP) is 3.47. The topological polar surface area (TPSA) is 142 Å². The Morgan fingerprint density at radius 3 is 2.57 bits per heavy atom. The maximum absolute atomic E-state index is 13.4. The molecule has 0 saturated heterocycles. The van der Waals surface area contributed by atoms with Gasteiger partial charge in [0.2, 0.25) is 0 Å². The van der Waals surface area contributed by atoms with Gasteiger partial charge in [0.1, 0.15) is 23.9 Å². The molecule has 188 valence electrons. The molecule has 0 saturated carbocycles. The molecule has 1 aliphatic rings. The molecule has 37 heavy (non-hydrogen) atoms. The highest BCUT2D eigenvalue weighted by Crippen LogP contribution is 2.33. The van der Waals surface area contributed by atoms with E-state index in [2.05, 4.69) is 10.2 Å². The van der Waals surface area contributed by atoms with Gasteiger partial charge in [-0.3, -0.25) is 9.69 Å². The van der Waals surface area contributed by atoms with Crippen molar-refractivity contribution < 1.29 is 24.9 Å². The van der Waals surface area contributed by atoms with Crippen LogP contribution in [-0.2, 0) is 6.54 Å². The van der Waals surface area contributed by atoms with Crippen LogP contribution in [0.3, 0.4) is 0 Å². The molecule has 10 heteroatoms. The van der Waals surface area contributed by atoms with Crippen molar-refractivity contribution in [3.05, 3.63) is 83.2 Å². The fraction of sp³-hybridized carbons (Fsp3) is 0.222. The largest absolute Gasteiger partial charge is 0.478 e. The minimum atomic E-state index is -1.30. The second-order valence-corrected chi connectivity index (χ2v) is 9.11. The Labute approximate surface area is 212 Å². The molecule has 3 N–H and O–H groups in total. The van der Waals surface area contributed by atoms with Gasteiger partial charge in [0, 0.05) is 11.6 Å². The van der Waals surface area contributed by atoms with E-state index in [-0.39, 0.29) is 23.1 Å². The summed E-state index contributed by atoms with van der Waals surface area (Å²) in [5.74, 6) is -0.314. The first-order valence-electron chi connectivity index (χ1n) is 11.8. The summed E-state index contributed by atoms with van der Waals surface area (Å²) in [4.78, 5) is 31.5. The maximum Gasteiger partial charge on any atom is 0.336 e. The number of aliphatic hydroxyl groups is 2. The van der Waals surface area contributed by atoms with E-state index in [1.165, 1.54) is 12.1 Å². The van der Waals surface area contributed by atoms with Gasteiger partial charge in [0.25, 0.3) is 5.91 Å².